The molecule has 2 aromatic heterocycles. The summed E-state index contributed by atoms with van der Waals surface area (Å²) < 4.78 is 51.8. The molecule has 1 fully saturated rings. The molecule has 10 aromatic rings. The molecule has 732 valence electrons. The summed E-state index contributed by atoms with van der Waals surface area (Å²) in [5.74, 6) is 25.6. The Morgan fingerprint density at radius 3 is 1.06 bits per heavy atom. The van der Waals surface area contributed by atoms with Crippen molar-refractivity contribution in [2.45, 2.75) is 166 Å². The fourth-order valence-electron chi connectivity index (χ4n) is 10.7. The van der Waals surface area contributed by atoms with Crippen molar-refractivity contribution in [3.05, 3.63) is 278 Å². The number of halogens is 2. The van der Waals surface area contributed by atoms with E-state index in [1.54, 1.807) is 67.1 Å². The number of aliphatic hydroxyl groups is 1. The Morgan fingerprint density at radius 2 is 0.739 bits per heavy atom. The number of aryl methyl sites for hydroxylation is 4. The molecular weight excluding hydrogens is 2180 g/mol. The molecule has 11 rings (SSSR count). The molecular formula is C91H124Cl2N8O24S5Y4-4. The van der Waals surface area contributed by atoms with E-state index in [4.69, 9.17) is 93.8 Å². The summed E-state index contributed by atoms with van der Waals surface area (Å²) in [5, 5.41) is 42.4. The maximum Gasteiger partial charge on any atom is 0.336 e. The predicted molar refractivity (Wildman–Crippen MR) is 519 cm³/mol. The van der Waals surface area contributed by atoms with Gasteiger partial charge in [0.2, 0.25) is 0 Å². The summed E-state index contributed by atoms with van der Waals surface area (Å²) in [6, 6.07) is 50.8. The van der Waals surface area contributed by atoms with Crippen LogP contribution in [-0.2, 0) is 203 Å². The van der Waals surface area contributed by atoms with Crippen molar-refractivity contribution in [1.29, 1.82) is 0 Å². The van der Waals surface area contributed by atoms with Gasteiger partial charge >= 0.3 is 17.9 Å². The van der Waals surface area contributed by atoms with Gasteiger partial charge in [-0.3, -0.25) is 0 Å². The van der Waals surface area contributed by atoms with Crippen molar-refractivity contribution in [2.75, 3.05) is 48.8 Å². The summed E-state index contributed by atoms with van der Waals surface area (Å²) in [6.45, 7) is 26.2. The minimum absolute atomic E-state index is 0. The van der Waals surface area contributed by atoms with Crippen molar-refractivity contribution in [2.24, 2.45) is 29.5 Å². The Kier molecular flexibility index (Phi) is 90.6. The van der Waals surface area contributed by atoms with Crippen LogP contribution in [0.25, 0.3) is 0 Å². The third kappa shape index (κ3) is 52.3. The Morgan fingerprint density at radius 1 is 0.418 bits per heavy atom. The van der Waals surface area contributed by atoms with Crippen LogP contribution in [0.4, 0.5) is 17.1 Å². The van der Waals surface area contributed by atoms with E-state index < -0.39 is 17.9 Å². The third-order valence-corrected chi connectivity index (χ3v) is 20.2. The number of aliphatic hydroxyl groups excluding tert-OH is 1. The number of anilines is 3. The molecule has 43 heteroatoms. The number of furan rings is 2. The number of nitrogens with two attached hydrogens (primary N) is 5. The number of benzene rings is 8. The van der Waals surface area contributed by atoms with Crippen molar-refractivity contribution < 1.29 is 245 Å². The van der Waals surface area contributed by atoms with Gasteiger partial charge in [-0.25, -0.2) is 14.4 Å². The summed E-state index contributed by atoms with van der Waals surface area (Å²) in [7, 11) is 1.00. The number of nitrogens with one attached hydrogen (secondary N) is 2. The second kappa shape index (κ2) is 85.7. The van der Waals surface area contributed by atoms with Crippen LogP contribution in [0.5, 0.6) is 34.5 Å². The molecule has 0 bridgehead atoms. The number of hydrogen-bond acceptors (Lipinski definition) is 34. The van der Waals surface area contributed by atoms with Crippen LogP contribution < -0.4 is 59.2 Å². The number of carboxylic acid groups (broad SMARTS) is 3. The first kappa shape index (κ1) is 142. The maximum atomic E-state index is 11.7. The Bertz CT molecular complexity index is 4530. The van der Waals surface area contributed by atoms with Crippen LogP contribution in [0.1, 0.15) is 191 Å². The van der Waals surface area contributed by atoms with Gasteiger partial charge < -0.3 is 83.4 Å². The van der Waals surface area contributed by atoms with E-state index in [1.807, 2.05) is 139 Å². The van der Waals surface area contributed by atoms with E-state index in [0.29, 0.717) is 135 Å². The number of carbonyl (C=O) groups excluding carboxylic acids is 2. The van der Waals surface area contributed by atoms with E-state index in [-0.39, 0.29) is 196 Å². The number of carboxylic acids is 3. The quantitative estimate of drug-likeness (QED) is 0.00423. The molecule has 1 aliphatic heterocycles. The molecule has 1 saturated heterocycles. The van der Waals surface area contributed by atoms with Crippen molar-refractivity contribution in [3.63, 3.8) is 0 Å². The average Bonchev–Trinajstić information content (AvgIpc) is 1.30. The topological polar surface area (TPSA) is 470 Å². The number of Topliss-reactive ketones (excluding diaryl/α,β-unsaturated/α-hetero) is 2. The zero-order valence-electron chi connectivity index (χ0n) is 74.6. The maximum absolute atomic E-state index is 11.7. The van der Waals surface area contributed by atoms with Gasteiger partial charge in [0.1, 0.15) is 28.8 Å². The van der Waals surface area contributed by atoms with Gasteiger partial charge in [-0.15, -0.1) is 81.5 Å². The van der Waals surface area contributed by atoms with Gasteiger partial charge in [0.05, 0.1) is 136 Å². The molecule has 4 radical (unpaired) electrons. The average molecular weight is 2300 g/mol. The van der Waals surface area contributed by atoms with Crippen LogP contribution >= 0.6 is 83.4 Å². The van der Waals surface area contributed by atoms with Crippen LogP contribution in [0, 0.1) is 28.7 Å². The predicted octanol–water partition coefficient (Wildman–Crippen LogP) is 24.7. The molecule has 0 saturated carbocycles. The molecule has 0 unspecified atom stereocenters. The van der Waals surface area contributed by atoms with E-state index in [1.165, 1.54) is 24.3 Å². The first-order valence-electron chi connectivity index (χ1n) is 38.8. The fourth-order valence-corrected chi connectivity index (χ4v) is 13.6. The molecule has 8 aromatic carbocycles. The normalized spacial score (nSPS) is 10.1. The molecule has 0 aliphatic carbocycles. The first-order chi connectivity index (χ1) is 60.7. The summed E-state index contributed by atoms with van der Waals surface area (Å²) in [5.41, 5.74) is 4.66. The summed E-state index contributed by atoms with van der Waals surface area (Å²) >= 11 is 16.2. The minimum atomic E-state index is -1.06. The van der Waals surface area contributed by atoms with Crippen LogP contribution in [0.3, 0.4) is 0 Å². The van der Waals surface area contributed by atoms with Crippen LogP contribution in [0.2, 0.25) is 10.0 Å². The van der Waals surface area contributed by atoms with Gasteiger partial charge in [-0.2, -0.15) is 43.3 Å². The van der Waals surface area contributed by atoms with Crippen molar-refractivity contribution in [3.8, 4) is 34.5 Å². The third-order valence-electron chi connectivity index (χ3n) is 16.1. The number of ketones is 2. The van der Waals surface area contributed by atoms with Gasteiger partial charge in [0, 0.05) is 193 Å². The van der Waals surface area contributed by atoms with Crippen molar-refractivity contribution in [1.82, 2.24) is 0 Å². The second-order valence-electron chi connectivity index (χ2n) is 24.1. The smallest absolute Gasteiger partial charge is 0.336 e. The molecule has 1 aliphatic rings. The zero-order valence-corrected chi connectivity index (χ0v) is 91.6. The summed E-state index contributed by atoms with van der Waals surface area (Å²) in [6.07, 6.45) is 11.6. The SMILES string of the molecule is C.C.C.CC.CC.CC.CCCCNc1cc(C(=O)O)cc(SOON)c1Oc1ccccc1.CO.NOOSc1cc(C(=O)O)c(CCc2ccco2)cc1Cl.NOOSc1cc(C(=O)O)cc(N2CCCC2)c1Oc1ccccc1.[CH2-]C(=O)c1cc(NCCCC)c(Oc2ccccc2)c(SOON)c1.[CH2-]C(=O)c1cc(SOON)c(Cl)cc1CCc1ccco1.[CH3-].[CH3-].[Y].[Y].[Y].[Y]. The second-order valence-corrected chi connectivity index (χ2v) is 28.6. The fraction of sp³-hybridized carbons (Fsp3) is 0.286. The molecule has 32 nitrogen and oxygen atoms in total. The number of para-hydroxylation sites is 3. The summed E-state index contributed by atoms with van der Waals surface area (Å²) in [4.78, 5) is 82.6. The number of hydrogen-bond donors (Lipinski definition) is 11. The molecule has 0 amide bonds. The first-order valence-corrected chi connectivity index (χ1v) is 43.2. The Balaban J connectivity index is -0.000000291. The number of nitrogens with zero attached hydrogens (tertiary/aromatic N) is 1. The molecule has 0 spiro atoms. The number of unbranched alkanes of at least 4 members (excludes halogenated alkanes) is 2. The Hall–Kier alpha value is -5.28. The standard InChI is InChI=1S/C18H21N2O4S.C17H18N2O5S.C17H20N2O5S.C14H13ClNO4S.C13H12ClNO5S.3C2H6.CH4O.3CH4.2CH3.4Y/c1-3-4-10-20-16-11-14(13(2)21)12-17(25-24-23-19)18(16)22-15-8-6-5-7-9-15;18-23-24-25-15-11-12(17(20)21)10-14(19-8-4-5-9-19)16(15)22-13-6-2-1-3-7-13;1-2-3-9-19-14-10-12(17(20)21)11-15(25-24-23-18)16(14)22-13-7-5-4-6-8-13;1-9(17)12-8-14(21-20-19-16)13(15)7-10(12)4-5-11-3-2-6-18-11;14-11-6-8(3-4-9-2-1-5-18-9)10(13(16)17)7-12(11)21-20-19-15;4*1-2;;;;;;;;;/h5-9,11-12,20H,2-4,10,19H2,1H3;1-3,6-7,10-11H,4-5,8-9,18H2,(H,20,21);4-8,10-11,19H,2-3,9,18H2,1H3,(H,20,21);2-3,6-8H,1,4-5,16H2;1-2,5-7H,3-4,15H2,(H,16,17);3*1-2H3;2H,1H3;3*1H4;2*1H3;;;;/q-1;;;-1;;;;;;;;;2*-1;;;;. The molecule has 0 atom stereocenters. The zero-order chi connectivity index (χ0) is 92.3. The molecule has 3 heterocycles. The molecule has 134 heavy (non-hydrogen) atoms. The number of aromatic carboxylic acids is 3. The van der Waals surface area contributed by atoms with E-state index in [0.717, 1.165) is 143 Å². The largest absolute Gasteiger partial charge is 0.478 e. The van der Waals surface area contributed by atoms with E-state index >= 15 is 0 Å². The van der Waals surface area contributed by atoms with E-state index in [2.05, 4.69) is 76.8 Å². The Labute approximate surface area is 921 Å². The minimum Gasteiger partial charge on any atom is -0.478 e. The monoisotopic (exact) mass is 2300 g/mol. The van der Waals surface area contributed by atoms with E-state index in [9.17, 15) is 39.3 Å². The van der Waals surface area contributed by atoms with Gasteiger partial charge in [0.25, 0.3) is 0 Å². The van der Waals surface area contributed by atoms with Gasteiger partial charge in [-0.05, 0) is 141 Å². The van der Waals surface area contributed by atoms with Crippen LogP contribution in [-0.4, -0.2) is 83.2 Å². The number of carbonyl (C=O) groups is 5. The van der Waals surface area contributed by atoms with Gasteiger partial charge in [-0.1, -0.05) is 174 Å². The number of rotatable bonds is 41. The van der Waals surface area contributed by atoms with Crippen LogP contribution in [0.15, 0.2) is 222 Å². The van der Waals surface area contributed by atoms with Crippen molar-refractivity contribution >= 4 is 130 Å². The van der Waals surface area contributed by atoms with Gasteiger partial charge in [0.15, 0.2) is 17.2 Å². The number of ether oxygens (including phenoxy) is 3. The molecule has 16 N–H and O–H groups in total.